The Morgan fingerprint density at radius 1 is 1.28 bits per heavy atom. The fourth-order valence-corrected chi connectivity index (χ4v) is 2.90. The number of amides is 2. The van der Waals surface area contributed by atoms with E-state index < -0.39 is 0 Å². The molecule has 2 aromatic rings. The number of carbonyl (C=O) groups is 2. The number of anilines is 2. The maximum Gasteiger partial charge on any atom is 0.255 e. The minimum atomic E-state index is -0.274. The van der Waals surface area contributed by atoms with Crippen LogP contribution in [0.15, 0.2) is 49.1 Å². The number of hydrogen-bond acceptors (Lipinski definition) is 3. The minimum Gasteiger partial charge on any atom is -0.491 e. The van der Waals surface area contributed by atoms with Gasteiger partial charge in [-0.2, -0.15) is 0 Å². The first-order valence-electron chi connectivity index (χ1n) is 7.76. The molecule has 6 heteroatoms. The Hall–Kier alpha value is -2.79. The van der Waals surface area contributed by atoms with Gasteiger partial charge in [0, 0.05) is 35.3 Å². The summed E-state index contributed by atoms with van der Waals surface area (Å²) in [6.45, 7) is 4.04. The average molecular weight is 357 g/mol. The summed E-state index contributed by atoms with van der Waals surface area (Å²) in [5, 5.41) is 3.39. The number of ether oxygens (including phenoxy) is 1. The van der Waals surface area contributed by atoms with Crippen LogP contribution in [0.25, 0.3) is 0 Å². The SMILES string of the molecule is C=CC(=O)N(C)c1ccc(C(=O)Nc2cc(Cl)cc3c2OCC3)cc1. The van der Waals surface area contributed by atoms with Gasteiger partial charge in [-0.05, 0) is 42.5 Å². The lowest BCUT2D eigenvalue weighted by molar-refractivity contribution is -0.113. The monoisotopic (exact) mass is 356 g/mol. The van der Waals surface area contributed by atoms with Crippen molar-refractivity contribution < 1.29 is 14.3 Å². The molecule has 5 nitrogen and oxygen atoms in total. The largest absolute Gasteiger partial charge is 0.491 e. The van der Waals surface area contributed by atoms with Crippen molar-refractivity contribution in [3.63, 3.8) is 0 Å². The van der Waals surface area contributed by atoms with Crippen molar-refractivity contribution in [1.29, 1.82) is 0 Å². The number of rotatable bonds is 4. The number of benzene rings is 2. The topological polar surface area (TPSA) is 58.6 Å². The number of fused-ring (bicyclic) bond motifs is 1. The average Bonchev–Trinajstić information content (AvgIpc) is 3.09. The molecule has 0 bridgehead atoms. The van der Waals surface area contributed by atoms with Crippen LogP contribution in [0.2, 0.25) is 5.02 Å². The van der Waals surface area contributed by atoms with Gasteiger partial charge < -0.3 is 15.0 Å². The number of halogens is 1. The Labute approximate surface area is 150 Å². The van der Waals surface area contributed by atoms with E-state index in [9.17, 15) is 9.59 Å². The van der Waals surface area contributed by atoms with Crippen molar-refractivity contribution in [2.24, 2.45) is 0 Å². The molecule has 3 rings (SSSR count). The number of nitrogens with zero attached hydrogens (tertiary/aromatic N) is 1. The molecule has 2 aromatic carbocycles. The molecule has 0 atom stereocenters. The van der Waals surface area contributed by atoms with Gasteiger partial charge in [0.15, 0.2) is 0 Å². The van der Waals surface area contributed by atoms with E-state index in [1.807, 2.05) is 6.07 Å². The quantitative estimate of drug-likeness (QED) is 0.850. The summed E-state index contributed by atoms with van der Waals surface area (Å²) in [4.78, 5) is 25.6. The second-order valence-corrected chi connectivity index (χ2v) is 6.08. The molecule has 0 radical (unpaired) electrons. The van der Waals surface area contributed by atoms with E-state index in [2.05, 4.69) is 11.9 Å². The zero-order valence-electron chi connectivity index (χ0n) is 13.7. The number of likely N-dealkylation sites (N-methyl/N-ethyl adjacent to an activating group) is 1. The number of hydrogen-bond donors (Lipinski definition) is 1. The Balaban J connectivity index is 1.79. The van der Waals surface area contributed by atoms with Crippen molar-refractivity contribution in [2.45, 2.75) is 6.42 Å². The van der Waals surface area contributed by atoms with Gasteiger partial charge in [0.25, 0.3) is 5.91 Å². The van der Waals surface area contributed by atoms with E-state index in [1.165, 1.54) is 11.0 Å². The number of nitrogens with one attached hydrogen (secondary N) is 1. The minimum absolute atomic E-state index is 0.219. The van der Waals surface area contributed by atoms with E-state index in [0.29, 0.717) is 34.3 Å². The van der Waals surface area contributed by atoms with Crippen LogP contribution in [-0.2, 0) is 11.2 Å². The van der Waals surface area contributed by atoms with E-state index in [4.69, 9.17) is 16.3 Å². The van der Waals surface area contributed by atoms with Gasteiger partial charge in [-0.3, -0.25) is 9.59 Å². The smallest absolute Gasteiger partial charge is 0.255 e. The molecule has 1 heterocycles. The zero-order valence-corrected chi connectivity index (χ0v) is 14.5. The van der Waals surface area contributed by atoms with E-state index >= 15 is 0 Å². The van der Waals surface area contributed by atoms with Crippen LogP contribution in [0.4, 0.5) is 11.4 Å². The molecule has 0 aromatic heterocycles. The van der Waals surface area contributed by atoms with Gasteiger partial charge >= 0.3 is 0 Å². The first-order valence-corrected chi connectivity index (χ1v) is 8.14. The molecule has 0 unspecified atom stereocenters. The lowest BCUT2D eigenvalue weighted by Gasteiger charge is -2.15. The summed E-state index contributed by atoms with van der Waals surface area (Å²) >= 11 is 6.10. The summed E-state index contributed by atoms with van der Waals surface area (Å²) < 4.78 is 5.58. The third kappa shape index (κ3) is 3.51. The number of carbonyl (C=O) groups excluding carboxylic acids is 2. The summed E-state index contributed by atoms with van der Waals surface area (Å²) in [5.41, 5.74) is 2.69. The predicted octanol–water partition coefficient (Wildman–Crippen LogP) is 3.68. The molecule has 0 saturated heterocycles. The molecule has 0 fully saturated rings. The third-order valence-electron chi connectivity index (χ3n) is 4.02. The molecular formula is C19H17ClN2O3. The van der Waals surface area contributed by atoms with E-state index in [0.717, 1.165) is 12.0 Å². The molecule has 1 N–H and O–H groups in total. The molecule has 1 aliphatic heterocycles. The summed E-state index contributed by atoms with van der Waals surface area (Å²) in [7, 11) is 1.64. The summed E-state index contributed by atoms with van der Waals surface area (Å²) in [5.74, 6) is 0.179. The maximum atomic E-state index is 12.5. The van der Waals surface area contributed by atoms with Gasteiger partial charge in [0.2, 0.25) is 5.91 Å². The van der Waals surface area contributed by atoms with Gasteiger partial charge in [0.05, 0.1) is 12.3 Å². The standard InChI is InChI=1S/C19H17ClN2O3/c1-3-17(23)22(2)15-6-4-12(5-7-15)19(24)21-16-11-14(20)10-13-8-9-25-18(13)16/h3-7,10-11H,1,8-9H2,2H3,(H,21,24). The van der Waals surface area contributed by atoms with Crippen molar-refractivity contribution in [1.82, 2.24) is 0 Å². The second-order valence-electron chi connectivity index (χ2n) is 5.64. The van der Waals surface area contributed by atoms with Crippen LogP contribution < -0.4 is 15.0 Å². The Kier molecular flexibility index (Phi) is 4.76. The van der Waals surface area contributed by atoms with Crippen LogP contribution in [0.3, 0.4) is 0 Å². The van der Waals surface area contributed by atoms with Crippen molar-refractivity contribution in [3.05, 3.63) is 65.2 Å². The summed E-state index contributed by atoms with van der Waals surface area (Å²) in [6.07, 6.45) is 2.01. The molecule has 0 saturated carbocycles. The first-order chi connectivity index (χ1) is 12.0. The van der Waals surface area contributed by atoms with Crippen LogP contribution >= 0.6 is 11.6 Å². The van der Waals surface area contributed by atoms with Crippen molar-refractivity contribution >= 4 is 34.8 Å². The molecule has 0 spiro atoms. The molecule has 0 aliphatic carbocycles. The van der Waals surface area contributed by atoms with Crippen LogP contribution in [0.5, 0.6) is 5.75 Å². The van der Waals surface area contributed by atoms with Gasteiger partial charge in [-0.25, -0.2) is 0 Å². The normalized spacial score (nSPS) is 12.1. The van der Waals surface area contributed by atoms with E-state index in [-0.39, 0.29) is 11.8 Å². The Bertz CT molecular complexity index is 846. The van der Waals surface area contributed by atoms with Crippen molar-refractivity contribution in [2.75, 3.05) is 23.9 Å². The Morgan fingerprint density at radius 3 is 2.68 bits per heavy atom. The highest BCUT2D eigenvalue weighted by Crippen LogP contribution is 2.36. The van der Waals surface area contributed by atoms with Crippen LogP contribution in [0, 0.1) is 0 Å². The van der Waals surface area contributed by atoms with Gasteiger partial charge in [-0.15, -0.1) is 0 Å². The van der Waals surface area contributed by atoms with Crippen LogP contribution in [-0.4, -0.2) is 25.5 Å². The highest BCUT2D eigenvalue weighted by molar-refractivity contribution is 6.31. The zero-order chi connectivity index (χ0) is 18.0. The van der Waals surface area contributed by atoms with Gasteiger partial charge in [-0.1, -0.05) is 18.2 Å². The molecular weight excluding hydrogens is 340 g/mol. The molecule has 1 aliphatic rings. The molecule has 25 heavy (non-hydrogen) atoms. The highest BCUT2D eigenvalue weighted by Gasteiger charge is 2.19. The second kappa shape index (κ2) is 6.99. The fourth-order valence-electron chi connectivity index (χ4n) is 2.66. The lowest BCUT2D eigenvalue weighted by Crippen LogP contribution is -2.23. The molecule has 128 valence electrons. The van der Waals surface area contributed by atoms with Gasteiger partial charge in [0.1, 0.15) is 5.75 Å². The lowest BCUT2D eigenvalue weighted by atomic mass is 10.1. The predicted molar refractivity (Wildman–Crippen MR) is 98.7 cm³/mol. The summed E-state index contributed by atoms with van der Waals surface area (Å²) in [6, 6.07) is 10.2. The highest BCUT2D eigenvalue weighted by atomic mass is 35.5. The van der Waals surface area contributed by atoms with E-state index in [1.54, 1.807) is 37.4 Å². The fraction of sp³-hybridized carbons (Fsp3) is 0.158. The first kappa shape index (κ1) is 17.0. The maximum absolute atomic E-state index is 12.5. The third-order valence-corrected chi connectivity index (χ3v) is 4.24. The van der Waals surface area contributed by atoms with Crippen molar-refractivity contribution in [3.8, 4) is 5.75 Å². The molecule has 2 amide bonds. The Morgan fingerprint density at radius 2 is 2.00 bits per heavy atom. The van der Waals surface area contributed by atoms with Crippen LogP contribution in [0.1, 0.15) is 15.9 Å².